The van der Waals surface area contributed by atoms with E-state index in [1.807, 2.05) is 10.9 Å². The highest BCUT2D eigenvalue weighted by Crippen LogP contribution is 2.46. The number of rotatable bonds is 3. The van der Waals surface area contributed by atoms with Crippen LogP contribution in [0.25, 0.3) is 0 Å². The molecule has 1 aromatic carbocycles. The van der Waals surface area contributed by atoms with Gasteiger partial charge in [0.1, 0.15) is 0 Å². The monoisotopic (exact) mass is 255 g/mol. The summed E-state index contributed by atoms with van der Waals surface area (Å²) in [6.45, 7) is 7.67. The van der Waals surface area contributed by atoms with E-state index in [-0.39, 0.29) is 5.41 Å². The number of fused-ring (bicyclic) bond motifs is 1. The minimum Gasteiger partial charge on any atom is -0.375 e. The van der Waals surface area contributed by atoms with Gasteiger partial charge in [0.2, 0.25) is 0 Å². The Bertz CT molecular complexity index is 583. The van der Waals surface area contributed by atoms with Gasteiger partial charge in [0.05, 0.1) is 17.9 Å². The van der Waals surface area contributed by atoms with Gasteiger partial charge in [0, 0.05) is 12.7 Å². The Hall–Kier alpha value is -1.77. The second-order valence-electron chi connectivity index (χ2n) is 6.03. The molecular weight excluding hydrogens is 234 g/mol. The molecule has 0 aliphatic heterocycles. The van der Waals surface area contributed by atoms with Crippen LogP contribution in [0.2, 0.25) is 0 Å². The maximum atomic E-state index is 4.33. The number of aromatic nitrogens is 2. The van der Waals surface area contributed by atoms with Crippen LogP contribution < -0.4 is 5.32 Å². The predicted molar refractivity (Wildman–Crippen MR) is 78.2 cm³/mol. The molecule has 0 spiro atoms. The lowest BCUT2D eigenvalue weighted by molar-refractivity contribution is 0.337. The number of benzene rings is 1. The second kappa shape index (κ2) is 4.41. The smallest absolute Gasteiger partial charge is 0.0731 e. The van der Waals surface area contributed by atoms with E-state index in [2.05, 4.69) is 61.6 Å². The fourth-order valence-corrected chi connectivity index (χ4v) is 3.04. The summed E-state index contributed by atoms with van der Waals surface area (Å²) in [5.41, 5.74) is 4.24. The lowest BCUT2D eigenvalue weighted by atomic mass is 9.85. The molecule has 1 heterocycles. The molecule has 0 fully saturated rings. The number of nitrogens with one attached hydrogen (secondary N) is 1. The Balaban J connectivity index is 1.90. The van der Waals surface area contributed by atoms with Crippen LogP contribution in [0.5, 0.6) is 0 Å². The van der Waals surface area contributed by atoms with Gasteiger partial charge < -0.3 is 5.32 Å². The van der Waals surface area contributed by atoms with Gasteiger partial charge in [0.15, 0.2) is 0 Å². The molecule has 1 unspecified atom stereocenters. The van der Waals surface area contributed by atoms with Crippen LogP contribution in [-0.2, 0) is 13.0 Å². The van der Waals surface area contributed by atoms with Crippen LogP contribution >= 0.6 is 0 Å². The zero-order valence-electron chi connectivity index (χ0n) is 11.9. The highest BCUT2D eigenvalue weighted by Gasteiger charge is 2.38. The minimum absolute atomic E-state index is 0.234. The first-order chi connectivity index (χ1) is 9.10. The molecule has 3 heteroatoms. The van der Waals surface area contributed by atoms with Gasteiger partial charge in [-0.15, -0.1) is 0 Å². The van der Waals surface area contributed by atoms with Crippen LogP contribution in [-0.4, -0.2) is 9.78 Å². The van der Waals surface area contributed by atoms with Crippen molar-refractivity contribution in [2.75, 3.05) is 5.32 Å². The molecule has 19 heavy (non-hydrogen) atoms. The first-order valence-electron chi connectivity index (χ1n) is 6.97. The third kappa shape index (κ3) is 2.14. The van der Waals surface area contributed by atoms with Gasteiger partial charge in [-0.3, -0.25) is 4.68 Å². The van der Waals surface area contributed by atoms with Crippen molar-refractivity contribution in [3.05, 3.63) is 47.8 Å². The summed E-state index contributed by atoms with van der Waals surface area (Å²) in [6.07, 6.45) is 5.13. The molecule has 1 aliphatic rings. The predicted octanol–water partition coefficient (Wildman–Crippen LogP) is 3.64. The molecule has 0 saturated heterocycles. The topological polar surface area (TPSA) is 29.9 Å². The summed E-state index contributed by atoms with van der Waals surface area (Å²) in [5.74, 6) is 0. The number of anilines is 1. The average Bonchev–Trinajstić information content (AvgIpc) is 2.93. The quantitative estimate of drug-likeness (QED) is 0.907. The van der Waals surface area contributed by atoms with Gasteiger partial charge in [-0.05, 0) is 29.9 Å². The average molecular weight is 255 g/mol. The zero-order valence-corrected chi connectivity index (χ0v) is 11.9. The Kier molecular flexibility index (Phi) is 2.85. The van der Waals surface area contributed by atoms with Gasteiger partial charge in [-0.1, -0.05) is 38.1 Å². The lowest BCUT2D eigenvalue weighted by Crippen LogP contribution is -2.24. The molecular formula is C16H21N3. The van der Waals surface area contributed by atoms with Crippen LogP contribution in [0.3, 0.4) is 0 Å². The Morgan fingerprint density at radius 1 is 1.37 bits per heavy atom. The van der Waals surface area contributed by atoms with Gasteiger partial charge in [0.25, 0.3) is 0 Å². The molecule has 0 saturated carbocycles. The van der Waals surface area contributed by atoms with Crippen molar-refractivity contribution in [1.82, 2.24) is 9.78 Å². The van der Waals surface area contributed by atoms with E-state index >= 15 is 0 Å². The highest BCUT2D eigenvalue weighted by molar-refractivity contribution is 5.47. The van der Waals surface area contributed by atoms with Gasteiger partial charge in [-0.25, -0.2) is 0 Å². The Morgan fingerprint density at radius 2 is 2.16 bits per heavy atom. The first-order valence-corrected chi connectivity index (χ1v) is 6.97. The molecule has 1 aliphatic carbocycles. The summed E-state index contributed by atoms with van der Waals surface area (Å²) >= 11 is 0. The van der Waals surface area contributed by atoms with Crippen LogP contribution in [0, 0.1) is 5.41 Å². The maximum absolute atomic E-state index is 4.33. The number of aryl methyl sites for hydroxylation is 1. The summed E-state index contributed by atoms with van der Waals surface area (Å²) in [4.78, 5) is 0. The fraction of sp³-hybridized carbons (Fsp3) is 0.438. The van der Waals surface area contributed by atoms with E-state index in [0.717, 1.165) is 18.7 Å². The Labute approximate surface area is 114 Å². The van der Waals surface area contributed by atoms with E-state index in [4.69, 9.17) is 0 Å². The fourth-order valence-electron chi connectivity index (χ4n) is 3.04. The first kappa shape index (κ1) is 12.3. The molecule has 1 aromatic heterocycles. The summed E-state index contributed by atoms with van der Waals surface area (Å²) in [6, 6.07) is 9.11. The standard InChI is InChI=1S/C16H21N3/c1-4-19-11-13(10-17-19)18-15-14-8-6-5-7-12(14)9-16(15,2)3/h5-8,10-11,15,18H,4,9H2,1-3H3. The van der Waals surface area contributed by atoms with Crippen molar-refractivity contribution in [2.45, 2.75) is 39.8 Å². The minimum atomic E-state index is 0.234. The van der Waals surface area contributed by atoms with E-state index < -0.39 is 0 Å². The van der Waals surface area contributed by atoms with E-state index in [0.29, 0.717) is 6.04 Å². The lowest BCUT2D eigenvalue weighted by Gasteiger charge is -2.28. The van der Waals surface area contributed by atoms with Crippen molar-refractivity contribution in [1.29, 1.82) is 0 Å². The van der Waals surface area contributed by atoms with Crippen molar-refractivity contribution in [3.63, 3.8) is 0 Å². The number of hydrogen-bond donors (Lipinski definition) is 1. The molecule has 100 valence electrons. The molecule has 3 nitrogen and oxygen atoms in total. The SMILES string of the molecule is CCn1cc(NC2c3ccccc3CC2(C)C)cn1. The normalized spacial score (nSPS) is 20.3. The largest absolute Gasteiger partial charge is 0.375 e. The van der Waals surface area contributed by atoms with Crippen molar-refractivity contribution in [3.8, 4) is 0 Å². The summed E-state index contributed by atoms with van der Waals surface area (Å²) in [5, 5.41) is 7.99. The second-order valence-corrected chi connectivity index (χ2v) is 6.03. The third-order valence-electron chi connectivity index (χ3n) is 4.06. The zero-order chi connectivity index (χ0) is 13.5. The Morgan fingerprint density at radius 3 is 2.89 bits per heavy atom. The van der Waals surface area contributed by atoms with Crippen molar-refractivity contribution < 1.29 is 0 Å². The van der Waals surface area contributed by atoms with E-state index in [1.165, 1.54) is 11.1 Å². The van der Waals surface area contributed by atoms with Crippen LogP contribution in [0.1, 0.15) is 37.9 Å². The molecule has 0 bridgehead atoms. The highest BCUT2D eigenvalue weighted by atomic mass is 15.3. The van der Waals surface area contributed by atoms with Crippen LogP contribution in [0.4, 0.5) is 5.69 Å². The maximum Gasteiger partial charge on any atom is 0.0731 e. The van der Waals surface area contributed by atoms with Crippen LogP contribution in [0.15, 0.2) is 36.7 Å². The molecule has 1 N–H and O–H groups in total. The molecule has 0 radical (unpaired) electrons. The van der Waals surface area contributed by atoms with Crippen molar-refractivity contribution >= 4 is 5.69 Å². The molecule has 1 atom stereocenters. The van der Waals surface area contributed by atoms with E-state index in [9.17, 15) is 0 Å². The summed E-state index contributed by atoms with van der Waals surface area (Å²) in [7, 11) is 0. The third-order valence-corrected chi connectivity index (χ3v) is 4.06. The summed E-state index contributed by atoms with van der Waals surface area (Å²) < 4.78 is 1.95. The number of nitrogens with zero attached hydrogens (tertiary/aromatic N) is 2. The van der Waals surface area contributed by atoms with E-state index in [1.54, 1.807) is 0 Å². The molecule has 2 aromatic rings. The van der Waals surface area contributed by atoms with Crippen molar-refractivity contribution in [2.24, 2.45) is 5.41 Å². The van der Waals surface area contributed by atoms with Gasteiger partial charge >= 0.3 is 0 Å². The molecule has 3 rings (SSSR count). The molecule has 0 amide bonds. The van der Waals surface area contributed by atoms with Gasteiger partial charge in [-0.2, -0.15) is 5.10 Å². The number of hydrogen-bond acceptors (Lipinski definition) is 2.